The average Bonchev–Trinajstić information content (AvgIpc) is 2.27. The molecule has 0 N–H and O–H groups in total. The molecule has 0 saturated carbocycles. The molecule has 1 saturated heterocycles. The van der Waals surface area contributed by atoms with E-state index in [-0.39, 0.29) is 0 Å². The number of nitrogens with zero attached hydrogens (tertiary/aromatic N) is 3. The molecule has 0 bridgehead atoms. The van der Waals surface area contributed by atoms with Gasteiger partial charge in [-0.2, -0.15) is 0 Å². The van der Waals surface area contributed by atoms with E-state index in [9.17, 15) is 0 Å². The summed E-state index contributed by atoms with van der Waals surface area (Å²) in [6.07, 6.45) is 3.89. The molecule has 5 heteroatoms. The maximum atomic E-state index is 6.02. The maximum absolute atomic E-state index is 6.02. The Labute approximate surface area is 107 Å². The van der Waals surface area contributed by atoms with Crippen molar-refractivity contribution in [1.29, 1.82) is 0 Å². The second kappa shape index (κ2) is 4.69. The third-order valence-electron chi connectivity index (χ3n) is 3.15. The van der Waals surface area contributed by atoms with E-state index >= 15 is 0 Å². The van der Waals surface area contributed by atoms with E-state index in [2.05, 4.69) is 28.7 Å². The van der Waals surface area contributed by atoms with Crippen LogP contribution in [-0.2, 0) is 0 Å². The first-order valence-corrected chi connectivity index (χ1v) is 6.21. The molecular formula is C12H18ClN3O. The van der Waals surface area contributed by atoms with Gasteiger partial charge in [-0.3, -0.25) is 0 Å². The first-order valence-electron chi connectivity index (χ1n) is 5.83. The van der Waals surface area contributed by atoms with Gasteiger partial charge in [-0.15, -0.1) is 0 Å². The van der Waals surface area contributed by atoms with E-state index < -0.39 is 0 Å². The number of methoxy groups -OCH3 is 1. The summed E-state index contributed by atoms with van der Waals surface area (Å²) >= 11 is 6.02. The van der Waals surface area contributed by atoms with E-state index in [0.717, 1.165) is 25.3 Å². The topological polar surface area (TPSA) is 38.3 Å². The highest BCUT2D eigenvalue weighted by Gasteiger charge is 2.29. The van der Waals surface area contributed by atoms with Gasteiger partial charge in [-0.05, 0) is 18.3 Å². The van der Waals surface area contributed by atoms with Gasteiger partial charge in [0, 0.05) is 13.1 Å². The minimum absolute atomic E-state index is 0.306. The van der Waals surface area contributed by atoms with Crippen LogP contribution >= 0.6 is 11.6 Å². The van der Waals surface area contributed by atoms with Crippen LogP contribution in [0.4, 0.5) is 5.82 Å². The van der Waals surface area contributed by atoms with Gasteiger partial charge in [-0.1, -0.05) is 25.4 Å². The summed E-state index contributed by atoms with van der Waals surface area (Å²) in [7, 11) is 1.60. The summed E-state index contributed by atoms with van der Waals surface area (Å²) in [6, 6.07) is 0. The second-order valence-electron chi connectivity index (χ2n) is 5.21. The summed E-state index contributed by atoms with van der Waals surface area (Å²) in [5.41, 5.74) is 0.306. The van der Waals surface area contributed by atoms with Gasteiger partial charge in [0.25, 0.3) is 0 Å². The Morgan fingerprint density at radius 3 is 2.82 bits per heavy atom. The minimum Gasteiger partial charge on any atom is -0.490 e. The van der Waals surface area contributed by atoms with Crippen LogP contribution in [0.3, 0.4) is 0 Å². The third kappa shape index (κ3) is 2.63. The maximum Gasteiger partial charge on any atom is 0.199 e. The summed E-state index contributed by atoms with van der Waals surface area (Å²) in [5, 5.41) is 0.376. The number of ether oxygens (including phenoxy) is 1. The lowest BCUT2D eigenvalue weighted by Gasteiger charge is -2.39. The Kier molecular flexibility index (Phi) is 3.43. The van der Waals surface area contributed by atoms with Gasteiger partial charge in [0.15, 0.2) is 16.7 Å². The quantitative estimate of drug-likeness (QED) is 0.762. The normalized spacial score (nSPS) is 19.2. The Balaban J connectivity index is 2.30. The Morgan fingerprint density at radius 2 is 2.18 bits per heavy atom. The molecular weight excluding hydrogens is 238 g/mol. The molecule has 2 rings (SSSR count). The number of aromatic nitrogens is 2. The van der Waals surface area contributed by atoms with E-state index in [1.807, 2.05) is 0 Å². The van der Waals surface area contributed by atoms with Crippen LogP contribution in [0.2, 0.25) is 5.15 Å². The fourth-order valence-electron chi connectivity index (χ4n) is 2.35. The molecule has 0 spiro atoms. The van der Waals surface area contributed by atoms with E-state index in [1.54, 1.807) is 7.11 Å². The number of hydrogen-bond donors (Lipinski definition) is 0. The SMILES string of the molecule is COc1c(Cl)ncnc1N1CCCC(C)(C)C1. The zero-order valence-corrected chi connectivity index (χ0v) is 11.3. The Morgan fingerprint density at radius 1 is 1.41 bits per heavy atom. The third-order valence-corrected chi connectivity index (χ3v) is 3.41. The van der Waals surface area contributed by atoms with Gasteiger partial charge >= 0.3 is 0 Å². The van der Waals surface area contributed by atoms with Crippen molar-refractivity contribution in [3.8, 4) is 5.75 Å². The molecule has 17 heavy (non-hydrogen) atoms. The van der Waals surface area contributed by atoms with Crippen molar-refractivity contribution in [2.75, 3.05) is 25.1 Å². The molecule has 0 aliphatic carbocycles. The van der Waals surface area contributed by atoms with Crippen LogP contribution < -0.4 is 9.64 Å². The van der Waals surface area contributed by atoms with Crippen molar-refractivity contribution < 1.29 is 4.74 Å². The number of anilines is 1. The lowest BCUT2D eigenvalue weighted by Crippen LogP contribution is -2.40. The van der Waals surface area contributed by atoms with Crippen LogP contribution in [0.1, 0.15) is 26.7 Å². The summed E-state index contributed by atoms with van der Waals surface area (Å²) in [5.74, 6) is 1.38. The highest BCUT2D eigenvalue weighted by atomic mass is 35.5. The largest absolute Gasteiger partial charge is 0.490 e. The van der Waals surface area contributed by atoms with E-state index in [0.29, 0.717) is 16.3 Å². The molecule has 1 fully saturated rings. The van der Waals surface area contributed by atoms with E-state index in [4.69, 9.17) is 16.3 Å². The lowest BCUT2D eigenvalue weighted by molar-refractivity contribution is 0.290. The number of hydrogen-bond acceptors (Lipinski definition) is 4. The Hall–Kier alpha value is -1.03. The van der Waals surface area contributed by atoms with Crippen molar-refractivity contribution in [2.45, 2.75) is 26.7 Å². The van der Waals surface area contributed by atoms with Crippen LogP contribution in [0.5, 0.6) is 5.75 Å². The molecule has 0 amide bonds. The number of halogens is 1. The lowest BCUT2D eigenvalue weighted by atomic mass is 9.84. The van der Waals surface area contributed by atoms with Gasteiger partial charge in [0.05, 0.1) is 7.11 Å². The van der Waals surface area contributed by atoms with Gasteiger partial charge in [-0.25, -0.2) is 9.97 Å². The van der Waals surface area contributed by atoms with Crippen LogP contribution in [-0.4, -0.2) is 30.2 Å². The van der Waals surface area contributed by atoms with E-state index in [1.165, 1.54) is 12.7 Å². The molecule has 94 valence electrons. The molecule has 1 aromatic heterocycles. The molecule has 2 heterocycles. The van der Waals surface area contributed by atoms with Crippen molar-refractivity contribution in [1.82, 2.24) is 9.97 Å². The summed E-state index contributed by atoms with van der Waals surface area (Å²) in [6.45, 7) is 6.51. The van der Waals surface area contributed by atoms with Crippen LogP contribution in [0.25, 0.3) is 0 Å². The molecule has 0 atom stereocenters. The standard InChI is InChI=1S/C12H18ClN3O/c1-12(2)5-4-6-16(7-12)11-9(17-3)10(13)14-8-15-11/h8H,4-7H2,1-3H3. The minimum atomic E-state index is 0.306. The smallest absolute Gasteiger partial charge is 0.199 e. The predicted molar refractivity (Wildman–Crippen MR) is 68.8 cm³/mol. The summed E-state index contributed by atoms with van der Waals surface area (Å²) in [4.78, 5) is 10.5. The van der Waals surface area contributed by atoms with Crippen LogP contribution in [0, 0.1) is 5.41 Å². The van der Waals surface area contributed by atoms with Crippen molar-refractivity contribution in [3.63, 3.8) is 0 Å². The number of rotatable bonds is 2. The molecule has 0 radical (unpaired) electrons. The molecule has 1 aromatic rings. The van der Waals surface area contributed by atoms with Crippen molar-refractivity contribution in [3.05, 3.63) is 11.5 Å². The predicted octanol–water partition coefficient (Wildman–Crippen LogP) is 2.77. The summed E-state index contributed by atoms with van der Waals surface area (Å²) < 4.78 is 5.30. The van der Waals surface area contributed by atoms with Crippen molar-refractivity contribution in [2.24, 2.45) is 5.41 Å². The highest BCUT2D eigenvalue weighted by Crippen LogP contribution is 2.36. The monoisotopic (exact) mass is 255 g/mol. The molecule has 0 aromatic carbocycles. The average molecular weight is 256 g/mol. The molecule has 1 aliphatic rings. The van der Waals surface area contributed by atoms with Gasteiger partial charge in [0.1, 0.15) is 6.33 Å². The zero-order chi connectivity index (χ0) is 12.5. The first kappa shape index (κ1) is 12.4. The fourth-order valence-corrected chi connectivity index (χ4v) is 2.55. The highest BCUT2D eigenvalue weighted by molar-refractivity contribution is 6.31. The van der Waals surface area contributed by atoms with Crippen molar-refractivity contribution >= 4 is 17.4 Å². The molecule has 4 nitrogen and oxygen atoms in total. The molecule has 1 aliphatic heterocycles. The molecule has 0 unspecified atom stereocenters. The second-order valence-corrected chi connectivity index (χ2v) is 5.57. The first-order chi connectivity index (χ1) is 8.03. The van der Waals surface area contributed by atoms with Crippen LogP contribution in [0.15, 0.2) is 6.33 Å². The number of piperidine rings is 1. The Bertz CT molecular complexity index is 409. The van der Waals surface area contributed by atoms with Gasteiger partial charge < -0.3 is 9.64 Å². The zero-order valence-electron chi connectivity index (χ0n) is 10.5. The fraction of sp³-hybridized carbons (Fsp3) is 0.667. The van der Waals surface area contributed by atoms with Gasteiger partial charge in [0.2, 0.25) is 0 Å².